The van der Waals surface area contributed by atoms with Crippen LogP contribution in [0.15, 0.2) is 42.5 Å². The highest BCUT2D eigenvalue weighted by Gasteiger charge is 2.24. The molecule has 25 heavy (non-hydrogen) atoms. The smallest absolute Gasteiger partial charge is 0.255 e. The maximum atomic E-state index is 12.5. The summed E-state index contributed by atoms with van der Waals surface area (Å²) in [5, 5.41) is 3.59. The molecule has 1 fully saturated rings. The highest BCUT2D eigenvalue weighted by Crippen LogP contribution is 2.28. The highest BCUT2D eigenvalue weighted by atomic mass is 127. The van der Waals surface area contributed by atoms with E-state index in [1.165, 1.54) is 5.69 Å². The molecular formula is C19H20ClIN2O2. The number of nitrogens with one attached hydrogen (secondary N) is 1. The van der Waals surface area contributed by atoms with Crippen molar-refractivity contribution in [2.75, 3.05) is 31.6 Å². The normalized spacial score (nSPS) is 16.8. The van der Waals surface area contributed by atoms with Crippen LogP contribution in [0, 0.1) is 9.49 Å². The molecule has 0 aliphatic carbocycles. The molecule has 0 bridgehead atoms. The zero-order chi connectivity index (χ0) is 17.8. The van der Waals surface area contributed by atoms with Gasteiger partial charge in [-0.15, -0.1) is 0 Å². The van der Waals surface area contributed by atoms with Crippen LogP contribution in [0.5, 0.6) is 5.75 Å². The molecule has 2 aromatic carbocycles. The minimum atomic E-state index is -0.145. The SMILES string of the molecule is COc1cc(I)c(Cl)cc1C(=O)NCC1CCN(c2ccccc2)C1. The summed E-state index contributed by atoms with van der Waals surface area (Å²) in [6.45, 7) is 2.62. The van der Waals surface area contributed by atoms with Crippen molar-refractivity contribution in [3.63, 3.8) is 0 Å². The molecule has 4 nitrogen and oxygen atoms in total. The average Bonchev–Trinajstić information content (AvgIpc) is 3.11. The van der Waals surface area contributed by atoms with Crippen LogP contribution in [0.2, 0.25) is 5.02 Å². The molecule has 0 aromatic heterocycles. The molecule has 6 heteroatoms. The lowest BCUT2D eigenvalue weighted by molar-refractivity contribution is 0.0945. The number of hydrogen-bond acceptors (Lipinski definition) is 3. The molecule has 1 unspecified atom stereocenters. The summed E-state index contributed by atoms with van der Waals surface area (Å²) in [6.07, 6.45) is 1.07. The Morgan fingerprint density at radius 1 is 1.36 bits per heavy atom. The molecule has 3 rings (SSSR count). The molecule has 1 saturated heterocycles. The predicted octanol–water partition coefficient (Wildman–Crippen LogP) is 4.21. The molecule has 2 aromatic rings. The molecular weight excluding hydrogens is 451 g/mol. The summed E-state index contributed by atoms with van der Waals surface area (Å²) in [4.78, 5) is 14.9. The fourth-order valence-corrected chi connectivity index (χ4v) is 3.68. The third-order valence-electron chi connectivity index (χ3n) is 4.45. The van der Waals surface area contributed by atoms with E-state index in [-0.39, 0.29) is 5.91 Å². The van der Waals surface area contributed by atoms with Gasteiger partial charge < -0.3 is 15.0 Å². The first kappa shape index (κ1) is 18.3. The van der Waals surface area contributed by atoms with Crippen LogP contribution in [-0.2, 0) is 0 Å². The Morgan fingerprint density at radius 2 is 2.12 bits per heavy atom. The van der Waals surface area contributed by atoms with Gasteiger partial charge in [-0.1, -0.05) is 29.8 Å². The highest BCUT2D eigenvalue weighted by molar-refractivity contribution is 14.1. The third-order valence-corrected chi connectivity index (χ3v) is 5.97. The van der Waals surface area contributed by atoms with E-state index in [0.717, 1.165) is 23.1 Å². The second kappa shape index (κ2) is 8.27. The van der Waals surface area contributed by atoms with E-state index >= 15 is 0 Å². The van der Waals surface area contributed by atoms with E-state index in [2.05, 4.69) is 57.1 Å². The first-order chi connectivity index (χ1) is 12.1. The lowest BCUT2D eigenvalue weighted by Gasteiger charge is -2.19. The number of methoxy groups -OCH3 is 1. The summed E-state index contributed by atoms with van der Waals surface area (Å²) >= 11 is 8.28. The van der Waals surface area contributed by atoms with Gasteiger partial charge in [-0.25, -0.2) is 0 Å². The molecule has 1 heterocycles. The molecule has 0 spiro atoms. The second-order valence-electron chi connectivity index (χ2n) is 6.11. The van der Waals surface area contributed by atoms with E-state index in [1.807, 2.05) is 6.07 Å². The fourth-order valence-electron chi connectivity index (χ4n) is 3.08. The zero-order valence-electron chi connectivity index (χ0n) is 14.0. The zero-order valence-corrected chi connectivity index (χ0v) is 16.9. The van der Waals surface area contributed by atoms with Gasteiger partial charge in [-0.05, 0) is 59.2 Å². The van der Waals surface area contributed by atoms with Crippen LogP contribution >= 0.6 is 34.2 Å². The molecule has 1 aliphatic heterocycles. The van der Waals surface area contributed by atoms with Crippen LogP contribution in [-0.4, -0.2) is 32.7 Å². The van der Waals surface area contributed by atoms with Crippen LogP contribution < -0.4 is 15.0 Å². The maximum Gasteiger partial charge on any atom is 0.255 e. The lowest BCUT2D eigenvalue weighted by atomic mass is 10.1. The molecule has 1 aliphatic rings. The Morgan fingerprint density at radius 3 is 2.84 bits per heavy atom. The molecule has 1 amide bonds. The number of nitrogens with zero attached hydrogens (tertiary/aromatic N) is 1. The van der Waals surface area contributed by atoms with Gasteiger partial charge in [0.15, 0.2) is 0 Å². The number of para-hydroxylation sites is 1. The van der Waals surface area contributed by atoms with E-state index in [0.29, 0.717) is 28.8 Å². The van der Waals surface area contributed by atoms with Crippen molar-refractivity contribution in [2.45, 2.75) is 6.42 Å². The fraction of sp³-hybridized carbons (Fsp3) is 0.316. The standard InChI is InChI=1S/C19H20ClIN2O2/c1-25-18-10-17(21)16(20)9-15(18)19(24)22-11-13-7-8-23(12-13)14-5-3-2-4-6-14/h2-6,9-10,13H,7-8,11-12H2,1H3,(H,22,24). The Hall–Kier alpha value is -1.47. The summed E-state index contributed by atoms with van der Waals surface area (Å²) in [7, 11) is 1.56. The first-order valence-electron chi connectivity index (χ1n) is 8.19. The van der Waals surface area contributed by atoms with Gasteiger partial charge in [-0.2, -0.15) is 0 Å². The summed E-state index contributed by atoms with van der Waals surface area (Å²) in [5.41, 5.74) is 1.72. The van der Waals surface area contributed by atoms with Gasteiger partial charge >= 0.3 is 0 Å². The largest absolute Gasteiger partial charge is 0.496 e. The van der Waals surface area contributed by atoms with E-state index in [1.54, 1.807) is 19.2 Å². The Bertz CT molecular complexity index is 755. The quantitative estimate of drug-likeness (QED) is 0.666. The van der Waals surface area contributed by atoms with Gasteiger partial charge in [0.2, 0.25) is 0 Å². The van der Waals surface area contributed by atoms with E-state index in [9.17, 15) is 4.79 Å². The number of halogens is 2. The number of hydrogen-bond donors (Lipinski definition) is 1. The van der Waals surface area contributed by atoms with Crippen LogP contribution in [0.1, 0.15) is 16.8 Å². The molecule has 132 valence electrons. The van der Waals surface area contributed by atoms with Gasteiger partial charge in [-0.3, -0.25) is 4.79 Å². The van der Waals surface area contributed by atoms with E-state index < -0.39 is 0 Å². The summed E-state index contributed by atoms with van der Waals surface area (Å²) in [6, 6.07) is 13.8. The number of benzene rings is 2. The maximum absolute atomic E-state index is 12.5. The molecule has 0 radical (unpaired) electrons. The predicted molar refractivity (Wildman–Crippen MR) is 110 cm³/mol. The Balaban J connectivity index is 1.59. The molecule has 0 saturated carbocycles. The lowest BCUT2D eigenvalue weighted by Crippen LogP contribution is -2.31. The number of carbonyl (C=O) groups is 1. The number of rotatable bonds is 5. The van der Waals surface area contributed by atoms with Crippen molar-refractivity contribution in [2.24, 2.45) is 5.92 Å². The molecule has 1 atom stereocenters. The van der Waals surface area contributed by atoms with Gasteiger partial charge in [0, 0.05) is 28.9 Å². The minimum Gasteiger partial charge on any atom is -0.496 e. The van der Waals surface area contributed by atoms with Crippen molar-refractivity contribution in [3.05, 3.63) is 56.6 Å². The first-order valence-corrected chi connectivity index (χ1v) is 9.65. The van der Waals surface area contributed by atoms with Crippen molar-refractivity contribution in [1.82, 2.24) is 5.32 Å². The van der Waals surface area contributed by atoms with Gasteiger partial charge in [0.05, 0.1) is 17.7 Å². The van der Waals surface area contributed by atoms with Gasteiger partial charge in [0.1, 0.15) is 5.75 Å². The van der Waals surface area contributed by atoms with Crippen molar-refractivity contribution < 1.29 is 9.53 Å². The monoisotopic (exact) mass is 470 g/mol. The van der Waals surface area contributed by atoms with Gasteiger partial charge in [0.25, 0.3) is 5.91 Å². The van der Waals surface area contributed by atoms with Crippen LogP contribution in [0.3, 0.4) is 0 Å². The topological polar surface area (TPSA) is 41.6 Å². The number of ether oxygens (including phenoxy) is 1. The van der Waals surface area contributed by atoms with Crippen molar-refractivity contribution in [3.8, 4) is 5.75 Å². The number of amides is 1. The van der Waals surface area contributed by atoms with Crippen molar-refractivity contribution in [1.29, 1.82) is 0 Å². The van der Waals surface area contributed by atoms with Crippen LogP contribution in [0.4, 0.5) is 5.69 Å². The average molecular weight is 471 g/mol. The van der Waals surface area contributed by atoms with Crippen molar-refractivity contribution >= 4 is 45.8 Å². The second-order valence-corrected chi connectivity index (χ2v) is 7.68. The minimum absolute atomic E-state index is 0.145. The van der Waals surface area contributed by atoms with Crippen LogP contribution in [0.25, 0.3) is 0 Å². The Kier molecular flexibility index (Phi) is 6.06. The number of anilines is 1. The Labute approximate surface area is 166 Å². The number of carbonyl (C=O) groups excluding carboxylic acids is 1. The van der Waals surface area contributed by atoms with E-state index in [4.69, 9.17) is 16.3 Å². The summed E-state index contributed by atoms with van der Waals surface area (Å²) < 4.78 is 6.18. The molecule has 1 N–H and O–H groups in total. The third kappa shape index (κ3) is 4.39. The summed E-state index contributed by atoms with van der Waals surface area (Å²) in [5.74, 6) is 0.839.